The van der Waals surface area contributed by atoms with Crippen molar-refractivity contribution in [1.82, 2.24) is 4.90 Å². The van der Waals surface area contributed by atoms with Gasteiger partial charge in [0.25, 0.3) is 0 Å². The summed E-state index contributed by atoms with van der Waals surface area (Å²) in [5.41, 5.74) is 2.12. The first-order valence-corrected chi connectivity index (χ1v) is 7.13. The van der Waals surface area contributed by atoms with Gasteiger partial charge in [0, 0.05) is 31.8 Å². The number of hydrogen-bond donors (Lipinski definition) is 0. The molecule has 2 aromatic carbocycles. The lowest BCUT2D eigenvalue weighted by Crippen LogP contribution is -2.24. The summed E-state index contributed by atoms with van der Waals surface area (Å²) in [6.45, 7) is 2.74. The van der Waals surface area contributed by atoms with Gasteiger partial charge in [0.2, 0.25) is 0 Å². The minimum Gasteiger partial charge on any atom is -0.362 e. The highest BCUT2D eigenvalue weighted by Crippen LogP contribution is 2.08. The van der Waals surface area contributed by atoms with E-state index in [4.69, 9.17) is 4.99 Å². The van der Waals surface area contributed by atoms with Crippen molar-refractivity contribution < 1.29 is 0 Å². The van der Waals surface area contributed by atoms with Gasteiger partial charge in [-0.15, -0.1) is 0 Å². The molecule has 0 aliphatic rings. The van der Waals surface area contributed by atoms with Crippen LogP contribution >= 0.6 is 0 Å². The molecule has 3 heteroatoms. The van der Waals surface area contributed by atoms with Crippen LogP contribution in [0.1, 0.15) is 18.1 Å². The van der Waals surface area contributed by atoms with Gasteiger partial charge in [-0.2, -0.15) is 0 Å². The maximum Gasteiger partial charge on any atom is 0.156 e. The zero-order valence-electron chi connectivity index (χ0n) is 12.8. The highest BCUT2D eigenvalue weighted by molar-refractivity contribution is 6.11. The van der Waals surface area contributed by atoms with Gasteiger partial charge in [-0.25, -0.2) is 4.99 Å². The molecule has 0 unspecified atom stereocenters. The van der Waals surface area contributed by atoms with E-state index >= 15 is 0 Å². The van der Waals surface area contributed by atoms with Gasteiger partial charge in [-0.3, -0.25) is 4.99 Å². The molecule has 0 N–H and O–H groups in total. The lowest BCUT2D eigenvalue weighted by molar-refractivity contribution is 0.625. The summed E-state index contributed by atoms with van der Waals surface area (Å²) in [7, 11) is 4.00. The van der Waals surface area contributed by atoms with Gasteiger partial charge in [0.15, 0.2) is 5.84 Å². The Bertz CT molecular complexity index is 613. The molecular formula is C18H21N3. The third-order valence-corrected chi connectivity index (χ3v) is 3.01. The minimum absolute atomic E-state index is 0.712. The monoisotopic (exact) mass is 279 g/mol. The molecule has 0 saturated carbocycles. The highest BCUT2D eigenvalue weighted by atomic mass is 15.1. The van der Waals surface area contributed by atoms with Crippen LogP contribution in [0, 0.1) is 0 Å². The smallest absolute Gasteiger partial charge is 0.156 e. The van der Waals surface area contributed by atoms with Crippen molar-refractivity contribution in [1.29, 1.82) is 0 Å². The summed E-state index contributed by atoms with van der Waals surface area (Å²) >= 11 is 0. The van der Waals surface area contributed by atoms with Gasteiger partial charge in [0.1, 0.15) is 5.84 Å². The Morgan fingerprint density at radius 1 is 0.857 bits per heavy atom. The fourth-order valence-corrected chi connectivity index (χ4v) is 2.04. The van der Waals surface area contributed by atoms with Gasteiger partial charge in [-0.05, 0) is 6.92 Å². The number of amidine groups is 2. The van der Waals surface area contributed by atoms with Crippen LogP contribution in [0.2, 0.25) is 0 Å². The van der Waals surface area contributed by atoms with Crippen molar-refractivity contribution >= 4 is 11.7 Å². The fourth-order valence-electron chi connectivity index (χ4n) is 2.04. The summed E-state index contributed by atoms with van der Waals surface area (Å²) in [6, 6.07) is 20.3. The molecule has 21 heavy (non-hydrogen) atoms. The Morgan fingerprint density at radius 3 is 1.86 bits per heavy atom. The Balaban J connectivity index is 2.47. The summed E-state index contributed by atoms with van der Waals surface area (Å²) in [5.74, 6) is 1.68. The van der Waals surface area contributed by atoms with Crippen molar-refractivity contribution in [3.8, 4) is 0 Å². The van der Waals surface area contributed by atoms with Crippen LogP contribution in [0.5, 0.6) is 0 Å². The molecule has 0 aliphatic carbocycles. The first-order valence-electron chi connectivity index (χ1n) is 7.13. The predicted molar refractivity (Wildman–Crippen MR) is 90.2 cm³/mol. The van der Waals surface area contributed by atoms with Crippen LogP contribution in [0.15, 0.2) is 70.6 Å². The van der Waals surface area contributed by atoms with Crippen molar-refractivity contribution in [3.05, 3.63) is 71.8 Å². The molecule has 0 atom stereocenters. The second kappa shape index (κ2) is 7.39. The second-order valence-corrected chi connectivity index (χ2v) is 4.86. The van der Waals surface area contributed by atoms with Crippen molar-refractivity contribution in [3.63, 3.8) is 0 Å². The fraction of sp³-hybridized carbons (Fsp3) is 0.222. The summed E-state index contributed by atoms with van der Waals surface area (Å²) in [4.78, 5) is 11.4. The molecule has 0 radical (unpaired) electrons. The van der Waals surface area contributed by atoms with Crippen LogP contribution in [-0.2, 0) is 0 Å². The van der Waals surface area contributed by atoms with Crippen molar-refractivity contribution in [2.24, 2.45) is 9.98 Å². The average molecular weight is 279 g/mol. The molecule has 0 heterocycles. The van der Waals surface area contributed by atoms with E-state index in [-0.39, 0.29) is 0 Å². The van der Waals surface area contributed by atoms with Crippen molar-refractivity contribution in [2.75, 3.05) is 20.6 Å². The van der Waals surface area contributed by atoms with Gasteiger partial charge >= 0.3 is 0 Å². The normalized spacial score (nSPS) is 12.3. The van der Waals surface area contributed by atoms with Gasteiger partial charge < -0.3 is 4.90 Å². The SMILES string of the molecule is CC/N=C(\N=C(\c1ccccc1)N(C)C)c1ccccc1. The van der Waals surface area contributed by atoms with Crippen LogP contribution in [0.4, 0.5) is 0 Å². The van der Waals surface area contributed by atoms with Gasteiger partial charge in [-0.1, -0.05) is 60.7 Å². The third-order valence-electron chi connectivity index (χ3n) is 3.01. The lowest BCUT2D eigenvalue weighted by Gasteiger charge is -2.16. The maximum absolute atomic E-state index is 4.80. The molecular weight excluding hydrogens is 258 g/mol. The Hall–Kier alpha value is -2.42. The summed E-state index contributed by atoms with van der Waals surface area (Å²) in [5, 5.41) is 0. The van der Waals surface area contributed by atoms with E-state index in [1.165, 1.54) is 0 Å². The molecule has 3 nitrogen and oxygen atoms in total. The quantitative estimate of drug-likeness (QED) is 0.624. The van der Waals surface area contributed by atoms with E-state index in [0.717, 1.165) is 22.8 Å². The zero-order valence-corrected chi connectivity index (χ0v) is 12.8. The number of rotatable bonds is 3. The molecule has 0 aromatic heterocycles. The molecule has 0 saturated heterocycles. The van der Waals surface area contributed by atoms with E-state index in [0.29, 0.717) is 6.54 Å². The summed E-state index contributed by atoms with van der Waals surface area (Å²) in [6.07, 6.45) is 0. The molecule has 0 amide bonds. The number of nitrogens with zero attached hydrogens (tertiary/aromatic N) is 3. The number of aliphatic imine (C=N–C) groups is 2. The van der Waals surface area contributed by atoms with Crippen LogP contribution in [-0.4, -0.2) is 37.2 Å². The van der Waals surface area contributed by atoms with Crippen LogP contribution in [0.25, 0.3) is 0 Å². The van der Waals surface area contributed by atoms with E-state index in [1.54, 1.807) is 0 Å². The molecule has 2 rings (SSSR count). The van der Waals surface area contributed by atoms with E-state index < -0.39 is 0 Å². The largest absolute Gasteiger partial charge is 0.362 e. The maximum atomic E-state index is 4.80. The first kappa shape index (κ1) is 15.0. The molecule has 0 aliphatic heterocycles. The number of hydrogen-bond acceptors (Lipinski definition) is 1. The van der Waals surface area contributed by atoms with E-state index in [9.17, 15) is 0 Å². The van der Waals surface area contributed by atoms with E-state index in [1.807, 2.05) is 74.4 Å². The molecule has 0 fully saturated rings. The first-order chi connectivity index (χ1) is 10.2. The molecule has 108 valence electrons. The Labute approximate surface area is 126 Å². The lowest BCUT2D eigenvalue weighted by atomic mass is 10.2. The third kappa shape index (κ3) is 4.02. The van der Waals surface area contributed by atoms with Crippen LogP contribution in [0.3, 0.4) is 0 Å². The minimum atomic E-state index is 0.712. The zero-order chi connectivity index (χ0) is 15.1. The Morgan fingerprint density at radius 2 is 1.38 bits per heavy atom. The topological polar surface area (TPSA) is 28.0 Å². The standard InChI is InChI=1S/C18H21N3/c1-4-19-17(15-11-7-5-8-12-15)20-18(21(2)3)16-13-9-6-10-14-16/h5-14H,4H2,1-3H3/b19-17-,20-18-. The molecule has 2 aromatic rings. The van der Waals surface area contributed by atoms with Crippen molar-refractivity contribution in [2.45, 2.75) is 6.92 Å². The second-order valence-electron chi connectivity index (χ2n) is 4.86. The predicted octanol–water partition coefficient (Wildman–Crippen LogP) is 3.46. The molecule has 0 bridgehead atoms. The number of benzene rings is 2. The van der Waals surface area contributed by atoms with Crippen LogP contribution < -0.4 is 0 Å². The summed E-state index contributed by atoms with van der Waals surface area (Å²) < 4.78 is 0. The van der Waals surface area contributed by atoms with E-state index in [2.05, 4.69) is 17.1 Å². The Kier molecular flexibility index (Phi) is 5.27. The van der Waals surface area contributed by atoms with Gasteiger partial charge in [0.05, 0.1) is 0 Å². The molecule has 0 spiro atoms. The average Bonchev–Trinajstić information content (AvgIpc) is 2.52. The highest BCUT2D eigenvalue weighted by Gasteiger charge is 2.08.